The highest BCUT2D eigenvalue weighted by atomic mass is 79.9. The summed E-state index contributed by atoms with van der Waals surface area (Å²) in [5.41, 5.74) is 0.0218. The standard InChI is InChI=1S/C15H16N2.C6H7BrO2/c1-4-5-8-15(16-2,17-3)14-10-12-6-7-13(9-12)11-14;1-6(8)9-5-3-2-4-7/h10,12-13H,6-9,11H2,1H3;4-5H2,1H3. The van der Waals surface area contributed by atoms with Gasteiger partial charge in [0.1, 0.15) is 5.57 Å². The van der Waals surface area contributed by atoms with E-state index in [9.17, 15) is 4.79 Å². The number of allylic oxidation sites excluding steroid dienone is 1. The van der Waals surface area contributed by atoms with Gasteiger partial charge in [0, 0.05) is 6.92 Å². The fraction of sp³-hybridized carbons (Fsp3) is 0.571. The zero-order valence-corrected chi connectivity index (χ0v) is 16.9. The Labute approximate surface area is 165 Å². The third kappa shape index (κ3) is 6.59. The first-order valence-corrected chi connectivity index (χ1v) is 9.66. The fourth-order valence-electron chi connectivity index (χ4n) is 3.22. The number of rotatable bonds is 3. The van der Waals surface area contributed by atoms with Crippen molar-refractivity contribution in [1.82, 2.24) is 0 Å². The lowest BCUT2D eigenvalue weighted by Crippen LogP contribution is -2.26. The molecule has 1 fully saturated rings. The molecule has 2 bridgehead atoms. The topological polar surface area (TPSA) is 35.0 Å². The molecule has 2 rings (SSSR count). The Morgan fingerprint density at radius 1 is 1.35 bits per heavy atom. The molecule has 0 heterocycles. The van der Waals surface area contributed by atoms with E-state index in [0.717, 1.165) is 12.0 Å². The predicted molar refractivity (Wildman–Crippen MR) is 106 cm³/mol. The number of nitrogens with zero attached hydrogens (tertiary/aromatic N) is 2. The minimum atomic E-state index is -1.02. The van der Waals surface area contributed by atoms with Crippen molar-refractivity contribution in [3.63, 3.8) is 0 Å². The Balaban J connectivity index is 0.000000321. The van der Waals surface area contributed by atoms with Crippen LogP contribution in [0.1, 0.15) is 46.0 Å². The van der Waals surface area contributed by atoms with Crippen molar-refractivity contribution in [2.45, 2.75) is 51.6 Å². The molecule has 26 heavy (non-hydrogen) atoms. The van der Waals surface area contributed by atoms with Gasteiger partial charge >= 0.3 is 11.6 Å². The highest BCUT2D eigenvalue weighted by Crippen LogP contribution is 2.45. The molecule has 0 amide bonds. The second-order valence-corrected chi connectivity index (χ2v) is 6.81. The van der Waals surface area contributed by atoms with Crippen LogP contribution in [0.2, 0.25) is 0 Å². The molecule has 0 saturated heterocycles. The minimum absolute atomic E-state index is 0.195. The van der Waals surface area contributed by atoms with Gasteiger partial charge in [-0.05, 0) is 44.4 Å². The fourth-order valence-corrected chi connectivity index (χ4v) is 3.42. The molecule has 0 aliphatic heterocycles. The van der Waals surface area contributed by atoms with Gasteiger partial charge in [-0.1, -0.05) is 39.8 Å². The lowest BCUT2D eigenvalue weighted by atomic mass is 9.82. The van der Waals surface area contributed by atoms with E-state index in [1.807, 2.05) is 0 Å². The molecule has 0 aromatic carbocycles. The first-order valence-electron chi connectivity index (χ1n) is 8.54. The first kappa shape index (κ1) is 21.8. The van der Waals surface area contributed by atoms with E-state index < -0.39 is 5.66 Å². The second kappa shape index (κ2) is 11.4. The molecule has 0 N–H and O–H groups in total. The number of carbonyl (C=O) groups excluding carboxylic acids is 1. The van der Waals surface area contributed by atoms with Crippen LogP contribution in [0, 0.1) is 48.7 Å². The van der Waals surface area contributed by atoms with Crippen molar-refractivity contribution in [2.75, 3.05) is 11.9 Å². The monoisotopic (exact) mass is 414 g/mol. The average Bonchev–Trinajstić information content (AvgIpc) is 2.98. The smallest absolute Gasteiger partial charge is 0.453 e. The minimum Gasteiger partial charge on any atom is -0.453 e. The van der Waals surface area contributed by atoms with E-state index in [1.54, 1.807) is 6.92 Å². The Morgan fingerprint density at radius 3 is 2.62 bits per heavy atom. The number of fused-ring (bicyclic) bond motifs is 2. The van der Waals surface area contributed by atoms with Crippen molar-refractivity contribution in [3.8, 4) is 23.7 Å². The summed E-state index contributed by atoms with van der Waals surface area (Å²) in [4.78, 5) is 17.3. The van der Waals surface area contributed by atoms with E-state index in [0.29, 0.717) is 23.6 Å². The van der Waals surface area contributed by atoms with E-state index in [2.05, 4.69) is 60.1 Å². The van der Waals surface area contributed by atoms with Crippen molar-refractivity contribution in [3.05, 3.63) is 34.5 Å². The summed E-state index contributed by atoms with van der Waals surface area (Å²) < 4.78 is 4.51. The number of ether oxygens (including phenoxy) is 1. The van der Waals surface area contributed by atoms with Crippen molar-refractivity contribution < 1.29 is 9.53 Å². The van der Waals surface area contributed by atoms with Gasteiger partial charge in [-0.25, -0.2) is 22.8 Å². The highest BCUT2D eigenvalue weighted by Gasteiger charge is 2.50. The van der Waals surface area contributed by atoms with Gasteiger partial charge in [-0.3, -0.25) is 4.79 Å². The van der Waals surface area contributed by atoms with Gasteiger partial charge in [-0.2, -0.15) is 0 Å². The van der Waals surface area contributed by atoms with E-state index in [-0.39, 0.29) is 12.6 Å². The molecule has 4 nitrogen and oxygen atoms in total. The van der Waals surface area contributed by atoms with Crippen molar-refractivity contribution >= 4 is 21.9 Å². The lowest BCUT2D eigenvalue weighted by Gasteiger charge is -2.20. The Hall–Kier alpha value is -2.21. The van der Waals surface area contributed by atoms with Crippen LogP contribution >= 0.6 is 15.9 Å². The van der Waals surface area contributed by atoms with Gasteiger partial charge in [0.2, 0.25) is 0 Å². The molecule has 5 heteroatoms. The summed E-state index contributed by atoms with van der Waals surface area (Å²) in [6.07, 6.45) is 7.26. The zero-order chi connectivity index (χ0) is 19.4. The number of alkyl halides is 1. The Kier molecular flexibility index (Phi) is 9.58. The predicted octanol–water partition coefficient (Wildman–Crippen LogP) is 4.63. The molecule has 0 radical (unpaired) electrons. The van der Waals surface area contributed by atoms with Gasteiger partial charge in [0.25, 0.3) is 0 Å². The molecule has 2 unspecified atom stereocenters. The molecular formula is C21H23BrN2O2. The van der Waals surface area contributed by atoms with Gasteiger partial charge < -0.3 is 4.74 Å². The number of carbonyl (C=O) groups is 1. The molecule has 2 atom stereocenters. The third-order valence-corrected chi connectivity index (χ3v) is 4.74. The molecule has 2 aliphatic carbocycles. The summed E-state index contributed by atoms with van der Waals surface area (Å²) in [6.45, 7) is 18.1. The summed E-state index contributed by atoms with van der Waals surface area (Å²) in [5, 5.41) is 0.619. The van der Waals surface area contributed by atoms with Crippen molar-refractivity contribution in [2.24, 2.45) is 11.8 Å². The van der Waals surface area contributed by atoms with Crippen LogP contribution in [0.5, 0.6) is 0 Å². The van der Waals surface area contributed by atoms with E-state index >= 15 is 0 Å². The maximum Gasteiger partial charge on any atom is 0.516 e. The molecule has 2 aliphatic rings. The van der Waals surface area contributed by atoms with Gasteiger partial charge in [0.05, 0.1) is 5.33 Å². The van der Waals surface area contributed by atoms with E-state index in [4.69, 9.17) is 13.1 Å². The van der Waals surface area contributed by atoms with Crippen molar-refractivity contribution in [1.29, 1.82) is 0 Å². The normalized spacial score (nSPS) is 19.7. The molecule has 0 aromatic heterocycles. The maximum atomic E-state index is 10.1. The maximum absolute atomic E-state index is 10.1. The Morgan fingerprint density at radius 2 is 2.08 bits per heavy atom. The quantitative estimate of drug-likeness (QED) is 0.222. The molecular weight excluding hydrogens is 392 g/mol. The van der Waals surface area contributed by atoms with Gasteiger partial charge in [0.15, 0.2) is 13.0 Å². The summed E-state index contributed by atoms with van der Waals surface area (Å²) >= 11 is 3.10. The number of esters is 1. The number of halogens is 1. The van der Waals surface area contributed by atoms with Crippen LogP contribution in [-0.2, 0) is 9.53 Å². The molecule has 136 valence electrons. The van der Waals surface area contributed by atoms with E-state index in [1.165, 1.54) is 26.2 Å². The highest BCUT2D eigenvalue weighted by molar-refractivity contribution is 9.09. The average molecular weight is 415 g/mol. The largest absolute Gasteiger partial charge is 0.516 e. The van der Waals surface area contributed by atoms with Crippen LogP contribution in [0.25, 0.3) is 9.69 Å². The summed E-state index contributed by atoms with van der Waals surface area (Å²) in [6, 6.07) is 0. The molecule has 0 spiro atoms. The van der Waals surface area contributed by atoms with Crippen LogP contribution in [0.4, 0.5) is 0 Å². The third-order valence-electron chi connectivity index (χ3n) is 4.46. The second-order valence-electron chi connectivity index (χ2n) is 6.25. The SMILES string of the molecule is CC(=O)OCC#CCBr.[C-]#[N+]C(CC#CC)([N+]#[C-])C1=CC2CCC(C1)C2. The van der Waals surface area contributed by atoms with Crippen LogP contribution in [0.3, 0.4) is 0 Å². The zero-order valence-electron chi connectivity index (χ0n) is 15.3. The van der Waals surface area contributed by atoms with Crippen LogP contribution in [0.15, 0.2) is 11.6 Å². The number of hydrogen-bond acceptors (Lipinski definition) is 2. The first-order chi connectivity index (χ1) is 12.5. The number of hydrogen-bond donors (Lipinski definition) is 0. The van der Waals surface area contributed by atoms with Crippen LogP contribution in [-0.4, -0.2) is 23.6 Å². The summed E-state index contributed by atoms with van der Waals surface area (Å²) in [5.74, 6) is 12.1. The van der Waals surface area contributed by atoms with Gasteiger partial charge in [-0.15, -0.1) is 5.92 Å². The van der Waals surface area contributed by atoms with Crippen LogP contribution < -0.4 is 0 Å². The molecule has 1 saturated carbocycles. The summed E-state index contributed by atoms with van der Waals surface area (Å²) in [7, 11) is 0. The molecule has 0 aromatic rings. The lowest BCUT2D eigenvalue weighted by molar-refractivity contribution is -0.139. The Bertz CT molecular complexity index is 720.